The lowest BCUT2D eigenvalue weighted by Crippen LogP contribution is -2.46. The van der Waals surface area contributed by atoms with E-state index in [0.717, 1.165) is 31.5 Å². The number of hydrogen-bond acceptors (Lipinski definition) is 5. The number of hydrogen-bond donors (Lipinski definition) is 1. The van der Waals surface area contributed by atoms with Crippen molar-refractivity contribution in [2.45, 2.75) is 42.0 Å². The van der Waals surface area contributed by atoms with Gasteiger partial charge in [-0.3, -0.25) is 0 Å². The molecule has 1 aromatic rings. The third-order valence-electron chi connectivity index (χ3n) is 4.07. The molecule has 1 heterocycles. The fraction of sp³-hybridized carbons (Fsp3) is 0.600. The molecule has 1 saturated heterocycles. The number of rotatable bonds is 6. The van der Waals surface area contributed by atoms with Crippen LogP contribution in [-0.4, -0.2) is 53.1 Å². The van der Waals surface area contributed by atoms with Gasteiger partial charge in [0.05, 0.1) is 4.90 Å². The monoisotopic (exact) mass is 378 g/mol. The summed E-state index contributed by atoms with van der Waals surface area (Å²) < 4.78 is 64.3. The minimum atomic E-state index is -3.88. The molecule has 0 aliphatic carbocycles. The van der Waals surface area contributed by atoms with Gasteiger partial charge in [-0.25, -0.2) is 21.2 Å². The third-order valence-corrected chi connectivity index (χ3v) is 7.15. The molecule has 9 heteroatoms. The molecule has 0 spiro atoms. The Kier molecular flexibility index (Phi) is 6.00. The van der Waals surface area contributed by atoms with Crippen LogP contribution in [0.25, 0.3) is 0 Å². The van der Waals surface area contributed by atoms with Crippen molar-refractivity contribution in [2.24, 2.45) is 0 Å². The van der Waals surface area contributed by atoms with Crippen molar-refractivity contribution in [3.63, 3.8) is 0 Å². The zero-order valence-corrected chi connectivity index (χ0v) is 15.5. The van der Waals surface area contributed by atoms with Crippen molar-refractivity contribution < 1.29 is 21.2 Å². The lowest BCUT2D eigenvalue weighted by Gasteiger charge is -2.33. The summed E-state index contributed by atoms with van der Waals surface area (Å²) in [6.07, 6.45) is 2.93. The molecular weight excluding hydrogens is 355 g/mol. The predicted molar refractivity (Wildman–Crippen MR) is 89.6 cm³/mol. The molecule has 24 heavy (non-hydrogen) atoms. The maximum absolute atomic E-state index is 14.1. The van der Waals surface area contributed by atoms with E-state index in [1.165, 1.54) is 10.4 Å². The normalized spacial score (nSPS) is 17.3. The van der Waals surface area contributed by atoms with E-state index in [2.05, 4.69) is 5.32 Å². The summed E-state index contributed by atoms with van der Waals surface area (Å²) in [6.45, 7) is 3.71. The number of piperidine rings is 1. The average molecular weight is 378 g/mol. The van der Waals surface area contributed by atoms with E-state index in [4.69, 9.17) is 0 Å². The first-order valence-electron chi connectivity index (χ1n) is 7.90. The summed E-state index contributed by atoms with van der Waals surface area (Å²) in [5, 5.41) is 3.19. The van der Waals surface area contributed by atoms with Gasteiger partial charge in [0.1, 0.15) is 10.7 Å². The summed E-state index contributed by atoms with van der Waals surface area (Å²) in [4.78, 5) is -0.704. The van der Waals surface area contributed by atoms with Crippen LogP contribution in [0.1, 0.15) is 26.2 Å². The third kappa shape index (κ3) is 4.14. The molecule has 6 nitrogen and oxygen atoms in total. The Labute approximate surface area is 143 Å². The molecular formula is C15H23FN2O4S2. The van der Waals surface area contributed by atoms with E-state index in [1.54, 1.807) is 0 Å². The second-order valence-electron chi connectivity index (χ2n) is 5.96. The SMILES string of the molecule is CCCN(C1CCNCC1)S(=O)(=O)c1ccc(S(C)(=O)=O)c(F)c1. The standard InChI is InChI=1S/C15H23FN2O4S2/c1-3-10-18(12-6-8-17-9-7-12)24(21,22)13-4-5-15(14(16)11-13)23(2,19)20/h4-5,11-12,17H,3,6-10H2,1-2H3. The smallest absolute Gasteiger partial charge is 0.243 e. The fourth-order valence-corrected chi connectivity index (χ4v) is 5.41. The number of sulfone groups is 1. The summed E-state index contributed by atoms with van der Waals surface area (Å²) in [7, 11) is -7.62. The molecule has 0 radical (unpaired) electrons. The van der Waals surface area contributed by atoms with Gasteiger partial charge in [-0.15, -0.1) is 0 Å². The van der Waals surface area contributed by atoms with E-state index in [-0.39, 0.29) is 10.9 Å². The van der Waals surface area contributed by atoms with Gasteiger partial charge in [0.2, 0.25) is 10.0 Å². The van der Waals surface area contributed by atoms with Gasteiger partial charge in [0.15, 0.2) is 9.84 Å². The molecule has 136 valence electrons. The van der Waals surface area contributed by atoms with Gasteiger partial charge in [-0.05, 0) is 50.6 Å². The van der Waals surface area contributed by atoms with Crippen molar-refractivity contribution in [3.8, 4) is 0 Å². The summed E-state index contributed by atoms with van der Waals surface area (Å²) in [5.74, 6) is -1.04. The van der Waals surface area contributed by atoms with Crippen molar-refractivity contribution in [1.82, 2.24) is 9.62 Å². The quantitative estimate of drug-likeness (QED) is 0.809. The lowest BCUT2D eigenvalue weighted by molar-refractivity contribution is 0.262. The molecule has 1 aromatic carbocycles. The minimum Gasteiger partial charge on any atom is -0.317 e. The molecule has 0 atom stereocenters. The highest BCUT2D eigenvalue weighted by Gasteiger charge is 2.32. The van der Waals surface area contributed by atoms with Gasteiger partial charge >= 0.3 is 0 Å². The van der Waals surface area contributed by atoms with E-state index in [0.29, 0.717) is 25.8 Å². The van der Waals surface area contributed by atoms with Crippen LogP contribution in [0.3, 0.4) is 0 Å². The van der Waals surface area contributed by atoms with Crippen LogP contribution in [0.15, 0.2) is 28.0 Å². The first-order chi connectivity index (χ1) is 11.2. The van der Waals surface area contributed by atoms with Crippen LogP contribution in [0.2, 0.25) is 0 Å². The van der Waals surface area contributed by atoms with Crippen molar-refractivity contribution in [2.75, 3.05) is 25.9 Å². The van der Waals surface area contributed by atoms with Crippen molar-refractivity contribution in [1.29, 1.82) is 0 Å². The highest BCUT2D eigenvalue weighted by Crippen LogP contribution is 2.25. The highest BCUT2D eigenvalue weighted by atomic mass is 32.2. The Balaban J connectivity index is 2.41. The zero-order valence-electron chi connectivity index (χ0n) is 13.8. The molecule has 0 amide bonds. The van der Waals surface area contributed by atoms with E-state index < -0.39 is 30.6 Å². The van der Waals surface area contributed by atoms with E-state index >= 15 is 0 Å². The van der Waals surface area contributed by atoms with Gasteiger partial charge in [0.25, 0.3) is 0 Å². The molecule has 0 aromatic heterocycles. The lowest BCUT2D eigenvalue weighted by atomic mass is 10.1. The Hall–Kier alpha value is -1.03. The number of sulfonamides is 1. The van der Waals surface area contributed by atoms with Crippen LogP contribution in [0.5, 0.6) is 0 Å². The molecule has 1 fully saturated rings. The average Bonchev–Trinajstić information content (AvgIpc) is 2.52. The van der Waals surface area contributed by atoms with Crippen LogP contribution in [-0.2, 0) is 19.9 Å². The largest absolute Gasteiger partial charge is 0.317 e. The number of nitrogens with zero attached hydrogens (tertiary/aromatic N) is 1. The molecule has 2 rings (SSSR count). The maximum atomic E-state index is 14.1. The van der Waals surface area contributed by atoms with Gasteiger partial charge < -0.3 is 5.32 Å². The maximum Gasteiger partial charge on any atom is 0.243 e. The second-order valence-corrected chi connectivity index (χ2v) is 9.84. The highest BCUT2D eigenvalue weighted by molar-refractivity contribution is 7.90. The van der Waals surface area contributed by atoms with Gasteiger partial charge in [0, 0.05) is 18.8 Å². The first kappa shape index (κ1) is 19.3. The second kappa shape index (κ2) is 7.47. The number of nitrogens with one attached hydrogen (secondary N) is 1. The Morgan fingerprint density at radius 2 is 1.83 bits per heavy atom. The summed E-state index contributed by atoms with van der Waals surface area (Å²) in [5.41, 5.74) is 0. The van der Waals surface area contributed by atoms with E-state index in [9.17, 15) is 21.2 Å². The molecule has 1 N–H and O–H groups in total. The first-order valence-corrected chi connectivity index (χ1v) is 11.2. The van der Waals surface area contributed by atoms with Crippen molar-refractivity contribution >= 4 is 19.9 Å². The molecule has 1 aliphatic rings. The van der Waals surface area contributed by atoms with Crippen molar-refractivity contribution in [3.05, 3.63) is 24.0 Å². The number of halogens is 1. The van der Waals surface area contributed by atoms with Crippen LogP contribution < -0.4 is 5.32 Å². The Morgan fingerprint density at radius 1 is 1.21 bits per heavy atom. The Bertz CT molecular complexity index is 788. The number of benzene rings is 1. The topological polar surface area (TPSA) is 83.6 Å². The summed E-state index contributed by atoms with van der Waals surface area (Å²) in [6, 6.07) is 2.85. The minimum absolute atomic E-state index is 0.131. The fourth-order valence-electron chi connectivity index (χ4n) is 2.89. The van der Waals surface area contributed by atoms with Gasteiger partial charge in [-0.2, -0.15) is 4.31 Å². The molecule has 1 aliphatic heterocycles. The molecule has 0 saturated carbocycles. The molecule has 0 unspecified atom stereocenters. The molecule has 0 bridgehead atoms. The predicted octanol–water partition coefficient (Wildman–Crippen LogP) is 1.38. The summed E-state index contributed by atoms with van der Waals surface area (Å²) >= 11 is 0. The van der Waals surface area contributed by atoms with Crippen LogP contribution in [0.4, 0.5) is 4.39 Å². The Morgan fingerprint density at radius 3 is 2.33 bits per heavy atom. The van der Waals surface area contributed by atoms with Gasteiger partial charge in [-0.1, -0.05) is 6.92 Å². The zero-order chi connectivity index (χ0) is 18.0. The van der Waals surface area contributed by atoms with E-state index in [1.807, 2.05) is 6.92 Å². The van der Waals surface area contributed by atoms with Crippen LogP contribution >= 0.6 is 0 Å². The van der Waals surface area contributed by atoms with Crippen LogP contribution in [0, 0.1) is 5.82 Å².